The van der Waals surface area contributed by atoms with Crippen molar-refractivity contribution in [2.24, 2.45) is 0 Å². The normalized spacial score (nSPS) is 22.0. The zero-order chi connectivity index (χ0) is 15.5. The minimum Gasteiger partial charge on any atom is -0.454 e. The average molecular weight is 347 g/mol. The van der Waals surface area contributed by atoms with Crippen LogP contribution in [0, 0.1) is 0 Å². The first kappa shape index (κ1) is 17.1. The number of ether oxygens (including phenoxy) is 2. The van der Waals surface area contributed by atoms with Gasteiger partial charge in [-0.2, -0.15) is 0 Å². The van der Waals surface area contributed by atoms with Crippen LogP contribution in [0.4, 0.5) is 0 Å². The lowest BCUT2D eigenvalue weighted by Gasteiger charge is -2.34. The predicted octanol–water partition coefficient (Wildman–Crippen LogP) is 3.42. The lowest BCUT2D eigenvalue weighted by Crippen LogP contribution is -2.45. The van der Waals surface area contributed by atoms with Gasteiger partial charge < -0.3 is 20.1 Å². The first-order valence-corrected chi connectivity index (χ1v) is 8.30. The van der Waals surface area contributed by atoms with Gasteiger partial charge in [0.15, 0.2) is 11.5 Å². The maximum atomic E-state index is 5.46. The lowest BCUT2D eigenvalue weighted by atomic mass is 9.92. The Morgan fingerprint density at radius 2 is 1.88 bits per heavy atom. The van der Waals surface area contributed by atoms with Crippen molar-refractivity contribution < 1.29 is 9.47 Å². The number of nitrogens with one attached hydrogen (secondary N) is 2. The van der Waals surface area contributed by atoms with Crippen molar-refractivity contribution in [1.29, 1.82) is 0 Å². The summed E-state index contributed by atoms with van der Waals surface area (Å²) in [5, 5.41) is 7.37. The van der Waals surface area contributed by atoms with Gasteiger partial charge in [-0.15, -0.1) is 12.4 Å². The van der Waals surface area contributed by atoms with E-state index < -0.39 is 0 Å². The first-order chi connectivity index (χ1) is 11.4. The number of piperidine rings is 1. The highest BCUT2D eigenvalue weighted by atomic mass is 35.5. The molecule has 0 spiro atoms. The average Bonchev–Trinajstić information content (AvgIpc) is 3.09. The van der Waals surface area contributed by atoms with Gasteiger partial charge in [0.1, 0.15) is 0 Å². The minimum atomic E-state index is 0. The summed E-state index contributed by atoms with van der Waals surface area (Å²) in [5.41, 5.74) is 2.59. The highest BCUT2D eigenvalue weighted by Gasteiger charge is 2.25. The van der Waals surface area contributed by atoms with Crippen LogP contribution in [0.25, 0.3) is 0 Å². The van der Waals surface area contributed by atoms with Gasteiger partial charge in [0.25, 0.3) is 0 Å². The second-order valence-electron chi connectivity index (χ2n) is 6.16. The summed E-state index contributed by atoms with van der Waals surface area (Å²) in [6.45, 7) is 2.25. The molecule has 0 unspecified atom stereocenters. The summed E-state index contributed by atoms with van der Waals surface area (Å²) >= 11 is 0. The first-order valence-electron chi connectivity index (χ1n) is 8.30. The molecule has 2 heterocycles. The molecule has 0 radical (unpaired) electrons. The molecule has 0 saturated carbocycles. The Balaban J connectivity index is 0.00000169. The third kappa shape index (κ3) is 3.66. The molecule has 0 aromatic heterocycles. The van der Waals surface area contributed by atoms with E-state index in [0.29, 0.717) is 18.9 Å². The van der Waals surface area contributed by atoms with Gasteiger partial charge in [0.2, 0.25) is 6.79 Å². The molecule has 0 aliphatic carbocycles. The van der Waals surface area contributed by atoms with Gasteiger partial charge in [-0.05, 0) is 42.6 Å². The number of benzene rings is 2. The molecule has 2 aliphatic rings. The van der Waals surface area contributed by atoms with E-state index in [4.69, 9.17) is 9.47 Å². The lowest BCUT2D eigenvalue weighted by molar-refractivity contribution is 0.174. The van der Waals surface area contributed by atoms with E-state index in [1.807, 2.05) is 6.07 Å². The minimum absolute atomic E-state index is 0. The Labute approximate surface area is 149 Å². The molecule has 0 bridgehead atoms. The molecule has 2 atom stereocenters. The number of rotatable bonds is 4. The predicted molar refractivity (Wildman–Crippen MR) is 96.9 cm³/mol. The molecule has 1 fully saturated rings. The Morgan fingerprint density at radius 3 is 2.75 bits per heavy atom. The van der Waals surface area contributed by atoms with E-state index in [9.17, 15) is 0 Å². The van der Waals surface area contributed by atoms with Gasteiger partial charge in [-0.1, -0.05) is 36.4 Å². The quantitative estimate of drug-likeness (QED) is 0.890. The van der Waals surface area contributed by atoms with Crippen molar-refractivity contribution in [3.05, 3.63) is 59.7 Å². The van der Waals surface area contributed by atoms with Gasteiger partial charge in [0, 0.05) is 18.6 Å². The molecule has 2 aromatic rings. The van der Waals surface area contributed by atoms with Crippen molar-refractivity contribution in [2.45, 2.75) is 31.5 Å². The molecule has 2 N–H and O–H groups in total. The summed E-state index contributed by atoms with van der Waals surface area (Å²) in [6, 6.07) is 17.7. The summed E-state index contributed by atoms with van der Waals surface area (Å²) in [6.07, 6.45) is 2.40. The molecule has 1 saturated heterocycles. The van der Waals surface area contributed by atoms with Crippen molar-refractivity contribution in [1.82, 2.24) is 10.6 Å². The zero-order valence-corrected chi connectivity index (χ0v) is 14.4. The zero-order valence-electron chi connectivity index (χ0n) is 13.5. The SMILES string of the molecule is Cl.c1ccc([C@@H]2NCCC[C@@H]2NCc2ccc3c(c2)OCO3)cc1. The van der Waals surface area contributed by atoms with Crippen LogP contribution in [0.15, 0.2) is 48.5 Å². The van der Waals surface area contributed by atoms with Crippen LogP contribution in [0.1, 0.15) is 30.0 Å². The maximum absolute atomic E-state index is 5.46. The second-order valence-corrected chi connectivity index (χ2v) is 6.16. The standard InChI is InChI=1S/C19H22N2O2.ClH/c1-2-5-15(6-3-1)19-16(7-4-10-20-19)21-12-14-8-9-17-18(11-14)23-13-22-17;/h1-3,5-6,8-9,11,16,19-21H,4,7,10,12-13H2;1H/t16-,19-;/m0./s1. The molecule has 0 amide bonds. The van der Waals surface area contributed by atoms with Crippen molar-refractivity contribution >= 4 is 12.4 Å². The van der Waals surface area contributed by atoms with Crippen LogP contribution in [0.5, 0.6) is 11.5 Å². The highest BCUT2D eigenvalue weighted by Crippen LogP contribution is 2.32. The third-order valence-corrected chi connectivity index (χ3v) is 4.62. The summed E-state index contributed by atoms with van der Waals surface area (Å²) in [7, 11) is 0. The third-order valence-electron chi connectivity index (χ3n) is 4.62. The van der Waals surface area contributed by atoms with Crippen molar-refractivity contribution in [3.63, 3.8) is 0 Å². The fraction of sp³-hybridized carbons (Fsp3) is 0.368. The van der Waals surface area contributed by atoms with Gasteiger partial charge >= 0.3 is 0 Å². The van der Waals surface area contributed by atoms with Gasteiger partial charge in [0.05, 0.1) is 0 Å². The fourth-order valence-corrected chi connectivity index (χ4v) is 3.42. The summed E-state index contributed by atoms with van der Waals surface area (Å²) in [4.78, 5) is 0. The molecule has 24 heavy (non-hydrogen) atoms. The van der Waals surface area contributed by atoms with Crippen LogP contribution in [0.2, 0.25) is 0 Å². The Kier molecular flexibility index (Phi) is 5.61. The van der Waals surface area contributed by atoms with Crippen LogP contribution in [0.3, 0.4) is 0 Å². The maximum Gasteiger partial charge on any atom is 0.231 e. The summed E-state index contributed by atoms with van der Waals surface area (Å²) in [5.74, 6) is 1.70. The van der Waals surface area contributed by atoms with Crippen molar-refractivity contribution in [3.8, 4) is 11.5 Å². The number of hydrogen-bond donors (Lipinski definition) is 2. The van der Waals surface area contributed by atoms with E-state index in [1.54, 1.807) is 0 Å². The highest BCUT2D eigenvalue weighted by molar-refractivity contribution is 5.85. The fourth-order valence-electron chi connectivity index (χ4n) is 3.42. The molecule has 4 rings (SSSR count). The number of hydrogen-bond acceptors (Lipinski definition) is 4. The van der Waals surface area contributed by atoms with Crippen molar-refractivity contribution in [2.75, 3.05) is 13.3 Å². The Hall–Kier alpha value is -1.75. The molecular weight excluding hydrogens is 324 g/mol. The molecule has 5 heteroatoms. The van der Waals surface area contributed by atoms with E-state index in [-0.39, 0.29) is 12.4 Å². The second kappa shape index (κ2) is 7.88. The van der Waals surface area contributed by atoms with Crippen LogP contribution >= 0.6 is 12.4 Å². The number of halogens is 1. The van der Waals surface area contributed by atoms with Gasteiger partial charge in [-0.3, -0.25) is 0 Å². The Morgan fingerprint density at radius 1 is 1.04 bits per heavy atom. The molecular formula is C19H23ClN2O2. The monoisotopic (exact) mass is 346 g/mol. The van der Waals surface area contributed by atoms with E-state index >= 15 is 0 Å². The van der Waals surface area contributed by atoms with E-state index in [1.165, 1.54) is 24.0 Å². The van der Waals surface area contributed by atoms with Gasteiger partial charge in [-0.25, -0.2) is 0 Å². The van der Waals surface area contributed by atoms with Crippen LogP contribution in [-0.4, -0.2) is 19.4 Å². The molecule has 2 aliphatic heterocycles. The van der Waals surface area contributed by atoms with E-state index in [0.717, 1.165) is 24.6 Å². The molecule has 128 valence electrons. The largest absolute Gasteiger partial charge is 0.454 e. The topological polar surface area (TPSA) is 42.5 Å². The number of fused-ring (bicyclic) bond motifs is 1. The summed E-state index contributed by atoms with van der Waals surface area (Å²) < 4.78 is 10.8. The molecule has 2 aromatic carbocycles. The van der Waals surface area contributed by atoms with Crippen LogP contribution in [-0.2, 0) is 6.54 Å². The smallest absolute Gasteiger partial charge is 0.231 e. The van der Waals surface area contributed by atoms with E-state index in [2.05, 4.69) is 53.1 Å². The van der Waals surface area contributed by atoms with Crippen LogP contribution < -0.4 is 20.1 Å². The Bertz CT molecular complexity index is 666. The molecule has 4 nitrogen and oxygen atoms in total.